The van der Waals surface area contributed by atoms with Crippen molar-refractivity contribution in [2.45, 2.75) is 33.6 Å². The van der Waals surface area contributed by atoms with E-state index >= 15 is 0 Å². The van der Waals surface area contributed by atoms with Gasteiger partial charge in [0.05, 0.1) is 6.61 Å². The minimum atomic E-state index is -0.317. The normalized spacial score (nSPS) is 10.7. The average molecular weight is 300 g/mol. The van der Waals surface area contributed by atoms with Crippen molar-refractivity contribution < 1.29 is 9.53 Å². The first-order valence-electron chi connectivity index (χ1n) is 6.17. The van der Waals surface area contributed by atoms with E-state index < -0.39 is 0 Å². The Hall–Kier alpha value is -1.89. The van der Waals surface area contributed by atoms with Crippen LogP contribution in [-0.2, 0) is 0 Å². The van der Waals surface area contributed by atoms with Crippen molar-refractivity contribution in [3.05, 3.63) is 17.2 Å². The van der Waals surface area contributed by atoms with Crippen molar-refractivity contribution in [2.75, 3.05) is 6.61 Å². The maximum absolute atomic E-state index is 11.4. The minimum Gasteiger partial charge on any atom is -0.477 e. The average Bonchev–Trinajstić information content (AvgIpc) is 2.67. The number of nitrogens with zero attached hydrogens (tertiary/aromatic N) is 4. The molecule has 1 N–H and O–H groups in total. The van der Waals surface area contributed by atoms with Gasteiger partial charge in [0.2, 0.25) is 17.4 Å². The first-order chi connectivity index (χ1) is 8.95. The molecule has 0 unspecified atom stereocenters. The van der Waals surface area contributed by atoms with E-state index in [1.807, 2.05) is 20.8 Å². The number of nitrogens with one attached hydrogen (secondary N) is 1. The van der Waals surface area contributed by atoms with E-state index in [-0.39, 0.29) is 29.9 Å². The number of carbonyl (C=O) groups is 1. The van der Waals surface area contributed by atoms with E-state index in [2.05, 4.69) is 10.2 Å². The molecule has 110 valence electrons. The highest BCUT2D eigenvalue weighted by molar-refractivity contribution is 5.85. The molecule has 0 spiro atoms. The number of fused-ring (bicyclic) bond motifs is 1. The van der Waals surface area contributed by atoms with E-state index in [9.17, 15) is 4.79 Å². The van der Waals surface area contributed by atoms with E-state index in [1.54, 1.807) is 6.07 Å². The fourth-order valence-corrected chi connectivity index (χ4v) is 1.84. The maximum Gasteiger partial charge on any atom is 0.249 e. The molecule has 7 nitrogen and oxygen atoms in total. The van der Waals surface area contributed by atoms with Gasteiger partial charge < -0.3 is 4.74 Å². The summed E-state index contributed by atoms with van der Waals surface area (Å²) in [5, 5.41) is 16.3. The second-order valence-electron chi connectivity index (χ2n) is 4.52. The Kier molecular flexibility index (Phi) is 4.88. The van der Waals surface area contributed by atoms with Gasteiger partial charge in [-0.1, -0.05) is 13.8 Å². The van der Waals surface area contributed by atoms with Crippen LogP contribution < -0.4 is 10.4 Å². The zero-order valence-corrected chi connectivity index (χ0v) is 12.7. The van der Waals surface area contributed by atoms with Crippen molar-refractivity contribution >= 4 is 24.0 Å². The highest BCUT2D eigenvalue weighted by Gasteiger charge is 2.16. The summed E-state index contributed by atoms with van der Waals surface area (Å²) in [6.45, 7) is 7.75. The Morgan fingerprint density at radius 3 is 2.60 bits per heavy atom. The zero-order valence-electron chi connectivity index (χ0n) is 11.9. The third kappa shape index (κ3) is 2.67. The Labute approximate surface area is 122 Å². The summed E-state index contributed by atoms with van der Waals surface area (Å²) in [5.74, 6) is 0.301. The summed E-state index contributed by atoms with van der Waals surface area (Å²) in [5.41, 5.74) is 1.33. The lowest BCUT2D eigenvalue weighted by Gasteiger charge is -2.08. The highest BCUT2D eigenvalue weighted by atomic mass is 35.5. The van der Waals surface area contributed by atoms with Crippen LogP contribution in [0, 0.1) is 5.41 Å². The van der Waals surface area contributed by atoms with Crippen LogP contribution in [0.1, 0.15) is 44.0 Å². The number of halogens is 1. The van der Waals surface area contributed by atoms with Gasteiger partial charge in [-0.05, 0) is 12.8 Å². The molecular formula is C12H18ClN5O2. The van der Waals surface area contributed by atoms with Crippen LogP contribution in [0.5, 0.6) is 5.88 Å². The fourth-order valence-electron chi connectivity index (χ4n) is 1.84. The van der Waals surface area contributed by atoms with Crippen molar-refractivity contribution in [3.63, 3.8) is 0 Å². The van der Waals surface area contributed by atoms with Crippen LogP contribution in [0.3, 0.4) is 0 Å². The number of ether oxygens (including phenoxy) is 1. The Morgan fingerprint density at radius 1 is 1.45 bits per heavy atom. The second kappa shape index (κ2) is 6.04. The fraction of sp³-hybridized carbons (Fsp3) is 0.500. The van der Waals surface area contributed by atoms with Crippen molar-refractivity contribution in [1.82, 2.24) is 19.4 Å². The largest absolute Gasteiger partial charge is 0.477 e. The van der Waals surface area contributed by atoms with Gasteiger partial charge in [-0.2, -0.15) is 9.20 Å². The molecule has 2 aromatic heterocycles. The number of hydrogen-bond acceptors (Lipinski definition) is 5. The Balaban J connectivity index is 0.00000200. The summed E-state index contributed by atoms with van der Waals surface area (Å²) < 4.78 is 7.76. The molecule has 2 heterocycles. The number of carbonyl (C=O) groups excluding carboxylic acids is 1. The molecule has 0 saturated carbocycles. The second-order valence-corrected chi connectivity index (χ2v) is 4.52. The van der Waals surface area contributed by atoms with Gasteiger partial charge in [-0.3, -0.25) is 10.2 Å². The van der Waals surface area contributed by atoms with E-state index in [0.717, 1.165) is 10.2 Å². The first kappa shape index (κ1) is 16.2. The molecule has 0 radical (unpaired) electrons. The van der Waals surface area contributed by atoms with Crippen molar-refractivity contribution in [3.8, 4) is 5.88 Å². The molecule has 0 bridgehead atoms. The van der Waals surface area contributed by atoms with Gasteiger partial charge in [-0.25, -0.2) is 0 Å². The molecular weight excluding hydrogens is 282 g/mol. The van der Waals surface area contributed by atoms with Crippen LogP contribution in [0.4, 0.5) is 0 Å². The molecule has 0 fully saturated rings. The molecule has 0 aliphatic carbocycles. The molecule has 0 amide bonds. The van der Waals surface area contributed by atoms with Crippen LogP contribution >= 0.6 is 12.4 Å². The van der Waals surface area contributed by atoms with Crippen molar-refractivity contribution in [2.24, 2.45) is 0 Å². The predicted octanol–water partition coefficient (Wildman–Crippen LogP) is 1.61. The minimum absolute atomic E-state index is 0. The predicted molar refractivity (Wildman–Crippen MR) is 75.6 cm³/mol. The zero-order chi connectivity index (χ0) is 14.2. The van der Waals surface area contributed by atoms with E-state index in [0.29, 0.717) is 18.1 Å². The SMILES string of the molecule is CCOc1cc(C(C)C)c2nn(C(C)=O)c(=N)n2n1.Cl. The molecule has 2 aromatic rings. The monoisotopic (exact) mass is 299 g/mol. The van der Waals surface area contributed by atoms with E-state index in [1.165, 1.54) is 11.4 Å². The quantitative estimate of drug-likeness (QED) is 0.933. The summed E-state index contributed by atoms with van der Waals surface area (Å²) in [6, 6.07) is 1.81. The van der Waals surface area contributed by atoms with Crippen LogP contribution in [0.15, 0.2) is 6.07 Å². The van der Waals surface area contributed by atoms with Crippen LogP contribution in [0.2, 0.25) is 0 Å². The third-order valence-corrected chi connectivity index (χ3v) is 2.74. The first-order valence-corrected chi connectivity index (χ1v) is 6.17. The van der Waals surface area contributed by atoms with E-state index in [4.69, 9.17) is 10.1 Å². The van der Waals surface area contributed by atoms with Gasteiger partial charge in [0, 0.05) is 18.6 Å². The third-order valence-electron chi connectivity index (χ3n) is 2.74. The number of hydrogen-bond donors (Lipinski definition) is 1. The molecule has 0 aromatic carbocycles. The molecule has 0 atom stereocenters. The summed E-state index contributed by atoms with van der Waals surface area (Å²) in [7, 11) is 0. The lowest BCUT2D eigenvalue weighted by Crippen LogP contribution is -2.26. The summed E-state index contributed by atoms with van der Waals surface area (Å²) in [4.78, 5) is 11.4. The van der Waals surface area contributed by atoms with Crippen LogP contribution in [0.25, 0.3) is 5.65 Å². The number of aromatic nitrogens is 4. The summed E-state index contributed by atoms with van der Waals surface area (Å²) in [6.07, 6.45) is 0. The summed E-state index contributed by atoms with van der Waals surface area (Å²) >= 11 is 0. The van der Waals surface area contributed by atoms with Crippen molar-refractivity contribution in [1.29, 1.82) is 5.41 Å². The van der Waals surface area contributed by atoms with Gasteiger partial charge >= 0.3 is 0 Å². The molecule has 0 saturated heterocycles. The maximum atomic E-state index is 11.4. The topological polar surface area (TPSA) is 85.3 Å². The van der Waals surface area contributed by atoms with Crippen LogP contribution in [-0.4, -0.2) is 31.9 Å². The van der Waals surface area contributed by atoms with Gasteiger partial charge in [-0.15, -0.1) is 22.6 Å². The van der Waals surface area contributed by atoms with Gasteiger partial charge in [0.25, 0.3) is 0 Å². The lowest BCUT2D eigenvalue weighted by molar-refractivity contribution is 0.0914. The standard InChI is InChI=1S/C12H17N5O2.ClH/c1-5-19-10-6-9(7(2)3)11-15-16(8(4)18)12(13)17(11)14-10;/h6-7,13H,5H2,1-4H3;1H. The number of rotatable bonds is 3. The molecule has 0 aliphatic rings. The Bertz CT molecular complexity index is 689. The molecule has 8 heteroatoms. The highest BCUT2D eigenvalue weighted by Crippen LogP contribution is 2.21. The Morgan fingerprint density at radius 2 is 2.10 bits per heavy atom. The van der Waals surface area contributed by atoms with Gasteiger partial charge in [0.1, 0.15) is 0 Å². The smallest absolute Gasteiger partial charge is 0.249 e. The molecule has 2 rings (SSSR count). The molecule has 0 aliphatic heterocycles. The van der Waals surface area contributed by atoms with Gasteiger partial charge in [0.15, 0.2) is 5.65 Å². The molecule has 20 heavy (non-hydrogen) atoms. The lowest BCUT2D eigenvalue weighted by atomic mass is 10.1.